The normalized spacial score (nSPS) is 12.3. The second-order valence-corrected chi connectivity index (χ2v) is 23.7. The summed E-state index contributed by atoms with van der Waals surface area (Å²) in [5, 5.41) is 14.8. The molecule has 0 fully saturated rings. The first-order chi connectivity index (χ1) is 41.3. The average Bonchev–Trinajstić information content (AvgIpc) is 1.72. The fourth-order valence-corrected chi connectivity index (χ4v) is 14.1. The molecule has 84 heavy (non-hydrogen) atoms. The van der Waals surface area contributed by atoms with Gasteiger partial charge in [0.05, 0.1) is 44.5 Å². The van der Waals surface area contributed by atoms with Gasteiger partial charge in [0.2, 0.25) is 0 Å². The number of aromatic nitrogens is 2. The van der Waals surface area contributed by atoms with Gasteiger partial charge in [0.15, 0.2) is 0 Å². The van der Waals surface area contributed by atoms with E-state index in [0.29, 0.717) is 11.8 Å². The lowest BCUT2D eigenvalue weighted by Gasteiger charge is -2.27. The molecule has 0 saturated carbocycles. The van der Waals surface area contributed by atoms with Crippen LogP contribution in [-0.2, 0) is 0 Å². The molecule has 0 atom stereocenters. The van der Waals surface area contributed by atoms with Crippen LogP contribution in [0.15, 0.2) is 267 Å². The highest BCUT2D eigenvalue weighted by Crippen LogP contribution is 2.52. The zero-order valence-corrected chi connectivity index (χ0v) is 47.3. The van der Waals surface area contributed by atoms with E-state index in [0.717, 1.165) is 34.1 Å². The number of para-hydroxylation sites is 2. The molecule has 4 heterocycles. The molecule has 0 unspecified atom stereocenters. The Morgan fingerprint density at radius 2 is 0.595 bits per heavy atom. The lowest BCUT2D eigenvalue weighted by atomic mass is 9.98. The van der Waals surface area contributed by atoms with E-state index < -0.39 is 0 Å². The van der Waals surface area contributed by atoms with Gasteiger partial charge in [-0.3, -0.25) is 0 Å². The summed E-state index contributed by atoms with van der Waals surface area (Å²) in [5.74, 6) is 0.856. The molecule has 0 aliphatic carbocycles. The van der Waals surface area contributed by atoms with E-state index in [1.165, 1.54) is 131 Å². The van der Waals surface area contributed by atoms with E-state index in [2.05, 4.69) is 313 Å². The molecule has 0 saturated heterocycles. The maximum atomic E-state index is 2.60. The van der Waals surface area contributed by atoms with E-state index in [-0.39, 0.29) is 0 Å². The van der Waals surface area contributed by atoms with Gasteiger partial charge in [-0.05, 0) is 164 Å². The monoisotopic (exact) mass is 1070 g/mol. The molecule has 398 valence electrons. The van der Waals surface area contributed by atoms with Gasteiger partial charge in [-0.25, -0.2) is 0 Å². The fourth-order valence-electron chi connectivity index (χ4n) is 14.1. The Hall–Kier alpha value is -10.4. The molecular weight excluding hydrogens is 1020 g/mol. The van der Waals surface area contributed by atoms with Gasteiger partial charge in [-0.1, -0.05) is 198 Å². The summed E-state index contributed by atoms with van der Waals surface area (Å²) in [5.41, 5.74) is 21.5. The Morgan fingerprint density at radius 3 is 1.00 bits per heavy atom. The second-order valence-electron chi connectivity index (χ2n) is 23.7. The number of hydrogen-bond acceptors (Lipinski definition) is 2. The summed E-state index contributed by atoms with van der Waals surface area (Å²) in [6, 6.07) is 100. The highest BCUT2D eigenvalue weighted by Gasteiger charge is 2.29. The number of hydrogen-bond donors (Lipinski definition) is 0. The quantitative estimate of drug-likeness (QED) is 0.136. The molecule has 0 radical (unpaired) electrons. The van der Waals surface area contributed by atoms with Crippen LogP contribution in [0.2, 0.25) is 0 Å². The van der Waals surface area contributed by atoms with Crippen LogP contribution in [-0.4, -0.2) is 8.80 Å². The van der Waals surface area contributed by atoms with Crippen LogP contribution in [0.1, 0.15) is 50.7 Å². The van der Waals surface area contributed by atoms with Crippen molar-refractivity contribution in [2.45, 2.75) is 39.5 Å². The van der Waals surface area contributed by atoms with Crippen molar-refractivity contribution in [1.29, 1.82) is 0 Å². The minimum absolute atomic E-state index is 0.428. The second kappa shape index (κ2) is 18.6. The standard InChI is InChI=1S/C80H58N4/c1-49(2)51-27-33-63(34-28-51)81(61-19-7-5-8-20-61)71-41-39-65-69-47-76-70(48-75(69)83-73-45-59(31-37-67(73)77(71)79(65)83)57-25-23-53-15-11-13-17-55(53)43-57)66-40-42-72(82(62-21-9-6-10-22-62)64-35-29-52(30-36-64)50(3)4)78-68-38-32-60(46-74(68)84(76)80(66)78)58-26-24-54-16-12-14-18-56(54)44-58/h5-50H,1-4H3. The number of nitrogens with zero attached hydrogens (tertiary/aromatic N) is 4. The van der Waals surface area contributed by atoms with Crippen LogP contribution in [0.5, 0.6) is 0 Å². The fraction of sp³-hybridized carbons (Fsp3) is 0.0750. The predicted molar refractivity (Wildman–Crippen MR) is 359 cm³/mol. The molecule has 0 aliphatic rings. The molecule has 4 heteroatoms. The average molecular weight is 1080 g/mol. The molecule has 17 rings (SSSR count). The van der Waals surface area contributed by atoms with Crippen LogP contribution in [0.4, 0.5) is 34.1 Å². The minimum Gasteiger partial charge on any atom is -0.310 e. The smallest absolute Gasteiger partial charge is 0.0641 e. The number of anilines is 6. The summed E-state index contributed by atoms with van der Waals surface area (Å²) in [7, 11) is 0. The Kier molecular flexibility index (Phi) is 10.7. The summed E-state index contributed by atoms with van der Waals surface area (Å²) >= 11 is 0. The van der Waals surface area contributed by atoms with E-state index >= 15 is 0 Å². The molecule has 0 bridgehead atoms. The van der Waals surface area contributed by atoms with Gasteiger partial charge in [0.25, 0.3) is 0 Å². The van der Waals surface area contributed by atoms with Crippen LogP contribution in [0.25, 0.3) is 120 Å². The molecule has 17 aromatic rings. The molecule has 0 N–H and O–H groups in total. The number of fused-ring (bicyclic) bond motifs is 14. The predicted octanol–water partition coefficient (Wildman–Crippen LogP) is 22.8. The Morgan fingerprint density at radius 1 is 0.262 bits per heavy atom. The Labute approximate surface area is 487 Å². The lowest BCUT2D eigenvalue weighted by molar-refractivity contribution is 0.866. The van der Waals surface area contributed by atoms with Crippen molar-refractivity contribution in [3.8, 4) is 22.3 Å². The van der Waals surface area contributed by atoms with Crippen molar-refractivity contribution in [2.24, 2.45) is 0 Å². The molecule has 13 aromatic carbocycles. The van der Waals surface area contributed by atoms with E-state index in [1.54, 1.807) is 0 Å². The number of benzene rings is 13. The maximum absolute atomic E-state index is 2.60. The van der Waals surface area contributed by atoms with Crippen molar-refractivity contribution in [3.63, 3.8) is 0 Å². The first-order valence-electron chi connectivity index (χ1n) is 29.6. The lowest BCUT2D eigenvalue weighted by Crippen LogP contribution is -2.10. The SMILES string of the molecule is CC(C)c1ccc(N(c2ccccc2)c2ccc3c4cc5c(cc4n4c6cc(-c7ccc8ccccc8c7)ccc6c2c34)c2ccc(N(c3ccccc3)c3ccc(C(C)C)cc3)c3c4ccc(-c6ccc7ccccc7c6)cc4n5c23)cc1. The Bertz CT molecular complexity index is 5080. The third-order valence-corrected chi connectivity index (χ3v) is 18.3. The largest absolute Gasteiger partial charge is 0.310 e. The number of rotatable bonds is 10. The highest BCUT2D eigenvalue weighted by molar-refractivity contribution is 6.32. The van der Waals surface area contributed by atoms with Crippen molar-refractivity contribution in [1.82, 2.24) is 8.80 Å². The topological polar surface area (TPSA) is 15.3 Å². The third kappa shape index (κ3) is 7.26. The molecule has 4 aromatic heterocycles. The zero-order chi connectivity index (χ0) is 55.9. The van der Waals surface area contributed by atoms with Gasteiger partial charge in [-0.15, -0.1) is 0 Å². The van der Waals surface area contributed by atoms with Crippen molar-refractivity contribution >= 4 is 132 Å². The van der Waals surface area contributed by atoms with Crippen LogP contribution >= 0.6 is 0 Å². The van der Waals surface area contributed by atoms with E-state index in [4.69, 9.17) is 0 Å². The minimum atomic E-state index is 0.428. The van der Waals surface area contributed by atoms with Gasteiger partial charge >= 0.3 is 0 Å². The van der Waals surface area contributed by atoms with Crippen molar-refractivity contribution in [3.05, 3.63) is 278 Å². The van der Waals surface area contributed by atoms with E-state index in [1.807, 2.05) is 0 Å². The Balaban J connectivity index is 0.975. The summed E-state index contributed by atoms with van der Waals surface area (Å²) in [6.45, 7) is 9.07. The molecular formula is C80H58N4. The first kappa shape index (κ1) is 48.3. The summed E-state index contributed by atoms with van der Waals surface area (Å²) < 4.78 is 5.20. The van der Waals surface area contributed by atoms with Gasteiger partial charge in [0, 0.05) is 65.8 Å². The van der Waals surface area contributed by atoms with Gasteiger partial charge < -0.3 is 18.6 Å². The summed E-state index contributed by atoms with van der Waals surface area (Å²) in [4.78, 5) is 4.93. The molecule has 0 spiro atoms. The third-order valence-electron chi connectivity index (χ3n) is 18.3. The van der Waals surface area contributed by atoms with Crippen LogP contribution in [0.3, 0.4) is 0 Å². The first-order valence-corrected chi connectivity index (χ1v) is 29.6. The zero-order valence-electron chi connectivity index (χ0n) is 47.3. The maximum Gasteiger partial charge on any atom is 0.0641 e. The molecule has 4 nitrogen and oxygen atoms in total. The molecule has 0 amide bonds. The van der Waals surface area contributed by atoms with Crippen molar-refractivity contribution in [2.75, 3.05) is 9.80 Å². The van der Waals surface area contributed by atoms with Crippen molar-refractivity contribution < 1.29 is 0 Å². The van der Waals surface area contributed by atoms with Gasteiger partial charge in [-0.2, -0.15) is 0 Å². The van der Waals surface area contributed by atoms with E-state index in [9.17, 15) is 0 Å². The summed E-state index contributed by atoms with van der Waals surface area (Å²) in [6.07, 6.45) is 0. The van der Waals surface area contributed by atoms with Gasteiger partial charge in [0.1, 0.15) is 0 Å². The molecule has 0 aliphatic heterocycles. The van der Waals surface area contributed by atoms with Crippen LogP contribution in [0, 0.1) is 0 Å². The highest BCUT2D eigenvalue weighted by atomic mass is 15.2. The van der Waals surface area contributed by atoms with Crippen LogP contribution < -0.4 is 9.80 Å².